The molecule has 23 heavy (non-hydrogen) atoms. The van der Waals surface area contributed by atoms with Gasteiger partial charge in [-0.3, -0.25) is 0 Å². The van der Waals surface area contributed by atoms with E-state index in [2.05, 4.69) is 20.0 Å². The summed E-state index contributed by atoms with van der Waals surface area (Å²) in [7, 11) is 0. The monoisotopic (exact) mass is 322 g/mol. The van der Waals surface area contributed by atoms with Crippen LogP contribution in [0.4, 0.5) is 0 Å². The van der Waals surface area contributed by atoms with Crippen molar-refractivity contribution in [2.45, 2.75) is 44.9 Å². The highest BCUT2D eigenvalue weighted by Gasteiger charge is 2.18. The van der Waals surface area contributed by atoms with E-state index < -0.39 is 0 Å². The molecular formula is C19H38N4. The highest BCUT2D eigenvalue weighted by atomic mass is 15.2. The van der Waals surface area contributed by atoms with Gasteiger partial charge in [0.05, 0.1) is 0 Å². The Labute approximate surface area is 143 Å². The molecule has 1 N–H and O–H groups in total. The van der Waals surface area contributed by atoms with Crippen LogP contribution in [0.2, 0.25) is 0 Å². The van der Waals surface area contributed by atoms with Crippen molar-refractivity contribution < 1.29 is 0 Å². The van der Waals surface area contributed by atoms with Crippen LogP contribution in [0, 0.1) is 5.92 Å². The van der Waals surface area contributed by atoms with Crippen molar-refractivity contribution >= 4 is 0 Å². The smallest absolute Gasteiger partial charge is 0.0110 e. The van der Waals surface area contributed by atoms with E-state index >= 15 is 0 Å². The molecule has 3 rings (SSSR count). The molecule has 0 aromatic rings. The third-order valence-corrected chi connectivity index (χ3v) is 6.17. The largest absolute Gasteiger partial charge is 0.317 e. The van der Waals surface area contributed by atoms with Crippen LogP contribution in [0.15, 0.2) is 0 Å². The van der Waals surface area contributed by atoms with Crippen molar-refractivity contribution in [2.24, 2.45) is 5.92 Å². The molecule has 0 aromatic carbocycles. The van der Waals surface area contributed by atoms with Gasteiger partial charge < -0.3 is 20.0 Å². The molecule has 0 bridgehead atoms. The quantitative estimate of drug-likeness (QED) is 0.699. The molecule has 3 aliphatic rings. The summed E-state index contributed by atoms with van der Waals surface area (Å²) in [6.45, 7) is 14.4. The zero-order valence-corrected chi connectivity index (χ0v) is 15.1. The average Bonchev–Trinajstić information content (AvgIpc) is 3.29. The summed E-state index contributed by atoms with van der Waals surface area (Å²) in [6.07, 6.45) is 9.89. The second-order valence-electron chi connectivity index (χ2n) is 7.92. The first-order valence-corrected chi connectivity index (χ1v) is 10.3. The third-order valence-electron chi connectivity index (χ3n) is 6.17. The molecule has 0 spiro atoms. The molecule has 0 aliphatic carbocycles. The Morgan fingerprint density at radius 3 is 1.78 bits per heavy atom. The van der Waals surface area contributed by atoms with Crippen molar-refractivity contribution in [1.29, 1.82) is 0 Å². The van der Waals surface area contributed by atoms with Crippen molar-refractivity contribution in [3.63, 3.8) is 0 Å². The molecule has 3 aliphatic heterocycles. The Hall–Kier alpha value is -0.160. The van der Waals surface area contributed by atoms with Crippen LogP contribution >= 0.6 is 0 Å². The van der Waals surface area contributed by atoms with Gasteiger partial charge in [-0.15, -0.1) is 0 Å². The fraction of sp³-hybridized carbons (Fsp3) is 1.00. The Kier molecular flexibility index (Phi) is 7.66. The number of rotatable bonds is 9. The maximum Gasteiger partial charge on any atom is 0.0110 e. The lowest BCUT2D eigenvalue weighted by atomic mass is 9.94. The van der Waals surface area contributed by atoms with E-state index in [-0.39, 0.29) is 0 Å². The first kappa shape index (κ1) is 17.7. The second-order valence-corrected chi connectivity index (χ2v) is 7.92. The topological polar surface area (TPSA) is 21.8 Å². The van der Waals surface area contributed by atoms with E-state index in [1.807, 2.05) is 0 Å². The number of nitrogens with one attached hydrogen (secondary N) is 1. The predicted octanol–water partition coefficient (Wildman–Crippen LogP) is 1.87. The molecule has 134 valence electrons. The molecule has 0 amide bonds. The second kappa shape index (κ2) is 9.97. The van der Waals surface area contributed by atoms with Crippen molar-refractivity contribution in [1.82, 2.24) is 20.0 Å². The van der Waals surface area contributed by atoms with Gasteiger partial charge in [-0.2, -0.15) is 0 Å². The minimum Gasteiger partial charge on any atom is -0.317 e. The predicted molar refractivity (Wildman–Crippen MR) is 98.0 cm³/mol. The molecule has 3 heterocycles. The number of piperidine rings is 1. The van der Waals surface area contributed by atoms with Gasteiger partial charge in [0.1, 0.15) is 0 Å². The van der Waals surface area contributed by atoms with E-state index in [9.17, 15) is 0 Å². The summed E-state index contributed by atoms with van der Waals surface area (Å²) >= 11 is 0. The van der Waals surface area contributed by atoms with E-state index in [4.69, 9.17) is 0 Å². The molecule has 0 saturated carbocycles. The summed E-state index contributed by atoms with van der Waals surface area (Å²) in [5.74, 6) is 0.970. The van der Waals surface area contributed by atoms with Crippen LogP contribution in [0.5, 0.6) is 0 Å². The fourth-order valence-corrected chi connectivity index (χ4v) is 4.45. The van der Waals surface area contributed by atoms with Gasteiger partial charge in [0.15, 0.2) is 0 Å². The zero-order valence-electron chi connectivity index (χ0n) is 15.1. The summed E-state index contributed by atoms with van der Waals surface area (Å²) in [5.41, 5.74) is 0. The average molecular weight is 323 g/mol. The van der Waals surface area contributed by atoms with E-state index in [1.54, 1.807) is 0 Å². The lowest BCUT2D eigenvalue weighted by Crippen LogP contribution is -2.40. The van der Waals surface area contributed by atoms with Crippen LogP contribution < -0.4 is 5.32 Å². The van der Waals surface area contributed by atoms with Crippen LogP contribution in [-0.4, -0.2) is 86.7 Å². The first-order chi connectivity index (χ1) is 11.4. The first-order valence-electron chi connectivity index (χ1n) is 10.3. The van der Waals surface area contributed by atoms with Gasteiger partial charge in [0, 0.05) is 26.2 Å². The molecule has 3 fully saturated rings. The van der Waals surface area contributed by atoms with E-state index in [0.29, 0.717) is 0 Å². The maximum atomic E-state index is 3.50. The van der Waals surface area contributed by atoms with Gasteiger partial charge >= 0.3 is 0 Å². The summed E-state index contributed by atoms with van der Waals surface area (Å²) in [4.78, 5) is 8.12. The molecule has 4 nitrogen and oxygen atoms in total. The highest BCUT2D eigenvalue weighted by molar-refractivity contribution is 4.74. The standard InChI is InChI=1S/C19H38N4/c1-2-11-21(10-1)15-17-23(18-16-22-12-3-4-13-22)14-7-19-5-8-20-9-6-19/h19-20H,1-18H2. The fourth-order valence-electron chi connectivity index (χ4n) is 4.45. The minimum absolute atomic E-state index is 0.970. The Morgan fingerprint density at radius 2 is 1.26 bits per heavy atom. The van der Waals surface area contributed by atoms with Crippen LogP contribution in [0.3, 0.4) is 0 Å². The Morgan fingerprint density at radius 1 is 0.739 bits per heavy atom. The van der Waals surface area contributed by atoms with E-state index in [0.717, 1.165) is 5.92 Å². The maximum absolute atomic E-state index is 3.50. The van der Waals surface area contributed by atoms with Crippen LogP contribution in [0.25, 0.3) is 0 Å². The molecule has 3 saturated heterocycles. The molecule has 0 aromatic heterocycles. The lowest BCUT2D eigenvalue weighted by Gasteiger charge is -2.30. The number of nitrogens with zero attached hydrogens (tertiary/aromatic N) is 3. The third kappa shape index (κ3) is 6.33. The molecule has 0 radical (unpaired) electrons. The highest BCUT2D eigenvalue weighted by Crippen LogP contribution is 2.17. The molecular weight excluding hydrogens is 284 g/mol. The van der Waals surface area contributed by atoms with Gasteiger partial charge in [-0.1, -0.05) is 0 Å². The van der Waals surface area contributed by atoms with Gasteiger partial charge in [-0.25, -0.2) is 0 Å². The van der Waals surface area contributed by atoms with E-state index in [1.165, 1.54) is 117 Å². The summed E-state index contributed by atoms with van der Waals surface area (Å²) in [6, 6.07) is 0. The molecule has 0 atom stereocenters. The van der Waals surface area contributed by atoms with Crippen LogP contribution in [-0.2, 0) is 0 Å². The normalized spacial score (nSPS) is 24.9. The summed E-state index contributed by atoms with van der Waals surface area (Å²) < 4.78 is 0. The lowest BCUT2D eigenvalue weighted by molar-refractivity contribution is 0.183. The minimum atomic E-state index is 0.970. The number of hydrogen-bond donors (Lipinski definition) is 1. The van der Waals surface area contributed by atoms with Gasteiger partial charge in [0.2, 0.25) is 0 Å². The Balaban J connectivity index is 1.38. The van der Waals surface area contributed by atoms with Gasteiger partial charge in [0.25, 0.3) is 0 Å². The van der Waals surface area contributed by atoms with Gasteiger partial charge in [-0.05, 0) is 96.7 Å². The summed E-state index contributed by atoms with van der Waals surface area (Å²) in [5, 5.41) is 3.50. The van der Waals surface area contributed by atoms with Crippen molar-refractivity contribution in [2.75, 3.05) is 72.0 Å². The van der Waals surface area contributed by atoms with Crippen LogP contribution in [0.1, 0.15) is 44.9 Å². The number of hydrogen-bond acceptors (Lipinski definition) is 4. The van der Waals surface area contributed by atoms with Crippen molar-refractivity contribution in [3.05, 3.63) is 0 Å². The SMILES string of the molecule is C1CCN(CCN(CCC2CCNCC2)CCN2CCCC2)C1. The Bertz CT molecular complexity index is 284. The zero-order chi connectivity index (χ0) is 15.7. The molecule has 4 heteroatoms. The molecule has 0 unspecified atom stereocenters. The van der Waals surface area contributed by atoms with Crippen molar-refractivity contribution in [3.8, 4) is 0 Å². The number of likely N-dealkylation sites (tertiary alicyclic amines) is 2.